The summed E-state index contributed by atoms with van der Waals surface area (Å²) in [4.78, 5) is 60.9. The van der Waals surface area contributed by atoms with Crippen molar-refractivity contribution >= 4 is 23.9 Å². The van der Waals surface area contributed by atoms with Gasteiger partial charge in [-0.3, -0.25) is 33.9 Å². The number of ether oxygens (including phenoxy) is 3. The molecule has 0 atom stereocenters. The Morgan fingerprint density at radius 2 is 0.750 bits per heavy atom. The largest absolute Gasteiger partial charge is 0.459 e. The molecule has 1 heterocycles. The predicted molar refractivity (Wildman–Crippen MR) is 150 cm³/mol. The zero-order valence-corrected chi connectivity index (χ0v) is 26.3. The third kappa shape index (κ3) is 18.1. The molecule has 0 amide bonds. The molecule has 12 nitrogen and oxygen atoms in total. The van der Waals surface area contributed by atoms with Crippen molar-refractivity contribution in [1.29, 1.82) is 0 Å². The summed E-state index contributed by atoms with van der Waals surface area (Å²) in [5.74, 6) is -1.52. The van der Waals surface area contributed by atoms with Crippen molar-refractivity contribution in [3.63, 3.8) is 0 Å². The first-order valence-electron chi connectivity index (χ1n) is 14.0. The van der Waals surface area contributed by atoms with Gasteiger partial charge in [-0.05, 0) is 62.3 Å². The Morgan fingerprint density at radius 1 is 0.500 bits per heavy atom. The van der Waals surface area contributed by atoms with Gasteiger partial charge >= 0.3 is 23.9 Å². The monoisotopic (exact) mass is 572 g/mol. The molecular weight excluding hydrogens is 520 g/mol. The summed E-state index contributed by atoms with van der Waals surface area (Å²) in [7, 11) is 0. The molecule has 0 spiro atoms. The van der Waals surface area contributed by atoms with E-state index >= 15 is 0 Å². The molecule has 0 aromatic rings. The molecule has 0 N–H and O–H groups in total. The third-order valence-corrected chi connectivity index (χ3v) is 5.37. The van der Waals surface area contributed by atoms with Crippen LogP contribution in [-0.2, 0) is 38.2 Å². The van der Waals surface area contributed by atoms with Crippen molar-refractivity contribution < 1.29 is 38.2 Å². The van der Waals surface area contributed by atoms with Gasteiger partial charge in [0.2, 0.25) is 0 Å². The number of esters is 3. The topological polar surface area (TPSA) is 118 Å². The van der Waals surface area contributed by atoms with Crippen molar-refractivity contribution in [2.24, 2.45) is 0 Å². The summed E-state index contributed by atoms with van der Waals surface area (Å²) in [6.45, 7) is 21.2. The van der Waals surface area contributed by atoms with Crippen LogP contribution in [0.4, 0.5) is 0 Å². The molecule has 1 saturated heterocycles. The molecule has 0 saturated carbocycles. The van der Waals surface area contributed by atoms with Crippen molar-refractivity contribution in [3.05, 3.63) is 0 Å². The lowest BCUT2D eigenvalue weighted by atomic mass is 10.2. The second-order valence-electron chi connectivity index (χ2n) is 13.1. The van der Waals surface area contributed by atoms with E-state index in [2.05, 4.69) is 0 Å². The summed E-state index contributed by atoms with van der Waals surface area (Å²) in [6.07, 6.45) is 0. The van der Waals surface area contributed by atoms with Gasteiger partial charge in [0.1, 0.15) is 16.8 Å². The van der Waals surface area contributed by atoms with Crippen LogP contribution in [-0.4, -0.2) is 132 Å². The average Bonchev–Trinajstić information content (AvgIpc) is 2.71. The van der Waals surface area contributed by atoms with Gasteiger partial charge in [0, 0.05) is 59.3 Å². The second kappa shape index (κ2) is 15.6. The van der Waals surface area contributed by atoms with E-state index in [0.29, 0.717) is 52.4 Å². The number of rotatable bonds is 7. The summed E-state index contributed by atoms with van der Waals surface area (Å²) < 4.78 is 16.6. The zero-order chi connectivity index (χ0) is 30.7. The van der Waals surface area contributed by atoms with Gasteiger partial charge < -0.3 is 19.0 Å². The maximum atomic E-state index is 12.7. The van der Waals surface area contributed by atoms with Gasteiger partial charge in [-0.2, -0.15) is 0 Å². The first-order chi connectivity index (χ1) is 18.2. The Morgan fingerprint density at radius 3 is 0.975 bits per heavy atom. The van der Waals surface area contributed by atoms with Crippen LogP contribution in [0, 0.1) is 0 Å². The fourth-order valence-electron chi connectivity index (χ4n) is 3.94. The highest BCUT2D eigenvalue weighted by Crippen LogP contribution is 2.11. The molecule has 0 radical (unpaired) electrons. The minimum atomic E-state index is -0.617. The number of hydrogen-bond donors (Lipinski definition) is 0. The second-order valence-corrected chi connectivity index (χ2v) is 13.1. The van der Waals surface area contributed by atoms with Crippen LogP contribution in [0.3, 0.4) is 0 Å². The van der Waals surface area contributed by atoms with Crippen LogP contribution in [0.15, 0.2) is 0 Å². The van der Waals surface area contributed by atoms with E-state index in [1.807, 2.05) is 77.0 Å². The van der Waals surface area contributed by atoms with E-state index in [-0.39, 0.29) is 37.5 Å². The average molecular weight is 573 g/mol. The van der Waals surface area contributed by atoms with Crippen LogP contribution in [0.5, 0.6) is 0 Å². The Kier molecular flexibility index (Phi) is 14.0. The summed E-state index contributed by atoms with van der Waals surface area (Å²) in [6, 6.07) is 0. The van der Waals surface area contributed by atoms with Gasteiger partial charge in [0.15, 0.2) is 0 Å². The Balaban J connectivity index is 3.13. The Hall–Kier alpha value is -2.28. The normalized spacial score (nSPS) is 18.2. The molecule has 1 fully saturated rings. The van der Waals surface area contributed by atoms with Crippen LogP contribution in [0.25, 0.3) is 0 Å². The number of hydrogen-bond acceptors (Lipinski definition) is 12. The van der Waals surface area contributed by atoms with E-state index in [0.717, 1.165) is 0 Å². The third-order valence-electron chi connectivity index (χ3n) is 5.37. The van der Waals surface area contributed by atoms with Gasteiger partial charge in [0.05, 0.1) is 19.6 Å². The predicted octanol–water partition coefficient (Wildman–Crippen LogP) is 1.71. The molecular formula is C28H52N4O8. The smallest absolute Gasteiger partial charge is 0.322 e. The molecule has 232 valence electrons. The molecule has 0 bridgehead atoms. The van der Waals surface area contributed by atoms with Gasteiger partial charge in [-0.25, -0.2) is 0 Å². The van der Waals surface area contributed by atoms with Gasteiger partial charge in [-0.1, -0.05) is 0 Å². The van der Waals surface area contributed by atoms with Crippen molar-refractivity contribution in [2.45, 2.75) is 86.0 Å². The highest BCUT2D eigenvalue weighted by Gasteiger charge is 2.26. The molecule has 0 aromatic heterocycles. The van der Waals surface area contributed by atoms with Gasteiger partial charge in [0.25, 0.3) is 0 Å². The number of hydroxylamine groups is 2. The van der Waals surface area contributed by atoms with E-state index in [1.54, 1.807) is 5.06 Å². The van der Waals surface area contributed by atoms with Crippen molar-refractivity contribution in [3.8, 4) is 0 Å². The number of nitrogens with zero attached hydrogens (tertiary/aromatic N) is 4. The molecule has 0 aliphatic carbocycles. The van der Waals surface area contributed by atoms with Gasteiger partial charge in [-0.15, -0.1) is 5.06 Å². The lowest BCUT2D eigenvalue weighted by molar-refractivity contribution is -0.190. The van der Waals surface area contributed by atoms with Crippen LogP contribution < -0.4 is 0 Å². The maximum absolute atomic E-state index is 12.7. The summed E-state index contributed by atoms with van der Waals surface area (Å²) in [5, 5.41) is 1.55. The quantitative estimate of drug-likeness (QED) is 0.326. The van der Waals surface area contributed by atoms with Crippen LogP contribution >= 0.6 is 0 Å². The first kappa shape index (κ1) is 35.7. The fraction of sp³-hybridized carbons (Fsp3) is 0.857. The van der Waals surface area contributed by atoms with Crippen LogP contribution in [0.1, 0.15) is 69.2 Å². The van der Waals surface area contributed by atoms with E-state index in [1.165, 1.54) is 6.92 Å². The minimum absolute atomic E-state index is 0.0518. The molecule has 0 aromatic carbocycles. The fourth-order valence-corrected chi connectivity index (χ4v) is 3.94. The van der Waals surface area contributed by atoms with E-state index in [4.69, 9.17) is 19.0 Å². The molecule has 12 heteroatoms. The summed E-state index contributed by atoms with van der Waals surface area (Å²) in [5.41, 5.74) is -1.85. The van der Waals surface area contributed by atoms with Crippen LogP contribution in [0.2, 0.25) is 0 Å². The molecule has 40 heavy (non-hydrogen) atoms. The molecule has 1 rings (SSSR count). The SMILES string of the molecule is CC(=O)ON1CCN(CC(=O)OC(C)(C)C)CCN(CC(=O)OC(C)(C)C)CCN(CC(=O)OC(C)(C)C)CC1. The lowest BCUT2D eigenvalue weighted by Gasteiger charge is -2.33. The van der Waals surface area contributed by atoms with E-state index < -0.39 is 22.8 Å². The molecule has 1 aliphatic rings. The summed E-state index contributed by atoms with van der Waals surface area (Å²) >= 11 is 0. The van der Waals surface area contributed by atoms with Crippen molar-refractivity contribution in [1.82, 2.24) is 19.8 Å². The molecule has 0 unspecified atom stereocenters. The Labute approximate surface area is 240 Å². The molecule has 1 aliphatic heterocycles. The number of carbonyl (C=O) groups excluding carboxylic acids is 4. The Bertz CT molecular complexity index is 799. The maximum Gasteiger partial charge on any atom is 0.322 e. The standard InChI is InChI=1S/C28H52N4O8/c1-22(33)40-32-17-15-30(20-24(35)38-27(5,6)7)13-11-29(19-23(34)37-26(2,3)4)12-14-31(16-18-32)21-25(36)39-28(8,9)10/h11-21H2,1-10H3. The minimum Gasteiger partial charge on any atom is -0.459 e. The zero-order valence-electron chi connectivity index (χ0n) is 26.3. The number of carbonyl (C=O) groups is 4. The highest BCUT2D eigenvalue weighted by molar-refractivity contribution is 5.73. The van der Waals surface area contributed by atoms with E-state index in [9.17, 15) is 19.2 Å². The lowest BCUT2D eigenvalue weighted by Crippen LogP contribution is -2.49. The van der Waals surface area contributed by atoms with Crippen molar-refractivity contribution in [2.75, 3.05) is 72.0 Å². The highest BCUT2D eigenvalue weighted by atomic mass is 16.7. The first-order valence-corrected chi connectivity index (χ1v) is 14.0.